The van der Waals surface area contributed by atoms with Crippen molar-refractivity contribution in [1.29, 1.82) is 0 Å². The summed E-state index contributed by atoms with van der Waals surface area (Å²) in [4.78, 5) is 24.9. The minimum Gasteiger partial charge on any atom is -0.376 e. The van der Waals surface area contributed by atoms with Crippen LogP contribution in [0.25, 0.3) is 11.5 Å². The molecule has 0 unspecified atom stereocenters. The third-order valence-electron chi connectivity index (χ3n) is 5.30. The average molecular weight is 496 g/mol. The first-order chi connectivity index (χ1) is 17.4. The summed E-state index contributed by atoms with van der Waals surface area (Å²) in [7, 11) is 0. The Morgan fingerprint density at radius 3 is 2.64 bits per heavy atom. The van der Waals surface area contributed by atoms with Crippen LogP contribution in [0.3, 0.4) is 0 Å². The van der Waals surface area contributed by atoms with Gasteiger partial charge in [0.1, 0.15) is 12.0 Å². The Kier molecular flexibility index (Phi) is 7.52. The first-order valence-electron chi connectivity index (χ1n) is 11.2. The van der Waals surface area contributed by atoms with E-state index in [1.807, 2.05) is 11.5 Å². The lowest BCUT2D eigenvalue weighted by atomic mass is 10.1. The second-order valence-electron chi connectivity index (χ2n) is 7.84. The highest BCUT2D eigenvalue weighted by atomic mass is 19.4. The molecule has 0 saturated heterocycles. The standard InChI is InChI=1S/C24H23F3N8O/c1-2-9-35-21(33-34-22(35)20-7-8-28-15-32-20)14-30-18-10-17(11-29-13-18)23(36)31-12-16-5-3-4-6-19(16)24(25,26)27/h3-8,10-11,13,15,30H,2,9,12,14H2,1H3,(H,31,36). The summed E-state index contributed by atoms with van der Waals surface area (Å²) in [6.45, 7) is 2.77. The quantitative estimate of drug-likeness (QED) is 0.359. The molecule has 0 saturated carbocycles. The number of nitrogens with one attached hydrogen (secondary N) is 2. The Morgan fingerprint density at radius 2 is 1.89 bits per heavy atom. The number of benzene rings is 1. The maximum absolute atomic E-state index is 13.2. The van der Waals surface area contributed by atoms with Crippen molar-refractivity contribution in [1.82, 2.24) is 35.0 Å². The Bertz CT molecular complexity index is 1320. The Morgan fingerprint density at radius 1 is 1.06 bits per heavy atom. The van der Waals surface area contributed by atoms with Gasteiger partial charge in [-0.3, -0.25) is 9.78 Å². The van der Waals surface area contributed by atoms with E-state index in [0.717, 1.165) is 12.5 Å². The highest BCUT2D eigenvalue weighted by Crippen LogP contribution is 2.31. The van der Waals surface area contributed by atoms with Gasteiger partial charge in [-0.15, -0.1) is 10.2 Å². The van der Waals surface area contributed by atoms with Crippen LogP contribution in [0.2, 0.25) is 0 Å². The molecule has 0 aliphatic heterocycles. The molecule has 4 rings (SSSR count). The van der Waals surface area contributed by atoms with Gasteiger partial charge in [0, 0.05) is 31.7 Å². The predicted octanol–water partition coefficient (Wildman–Crippen LogP) is 4.10. The van der Waals surface area contributed by atoms with Crippen molar-refractivity contribution in [3.05, 3.63) is 83.8 Å². The van der Waals surface area contributed by atoms with Gasteiger partial charge in [0.25, 0.3) is 5.91 Å². The van der Waals surface area contributed by atoms with Crippen molar-refractivity contribution < 1.29 is 18.0 Å². The second-order valence-corrected chi connectivity index (χ2v) is 7.84. The molecule has 0 aliphatic carbocycles. The second kappa shape index (κ2) is 10.9. The number of aromatic nitrogens is 6. The van der Waals surface area contributed by atoms with Gasteiger partial charge in [-0.05, 0) is 30.2 Å². The van der Waals surface area contributed by atoms with Crippen molar-refractivity contribution in [3.8, 4) is 11.5 Å². The third-order valence-corrected chi connectivity index (χ3v) is 5.30. The number of carbonyl (C=O) groups excluding carboxylic acids is 1. The number of hydrogen-bond donors (Lipinski definition) is 2. The molecule has 0 bridgehead atoms. The summed E-state index contributed by atoms with van der Waals surface area (Å²) in [5.41, 5.74) is 0.616. The topological polar surface area (TPSA) is 111 Å². The fourth-order valence-electron chi connectivity index (χ4n) is 3.61. The summed E-state index contributed by atoms with van der Waals surface area (Å²) < 4.78 is 41.6. The number of nitrogens with zero attached hydrogens (tertiary/aromatic N) is 6. The molecule has 9 nitrogen and oxygen atoms in total. The van der Waals surface area contributed by atoms with Crippen LogP contribution in [0.1, 0.15) is 40.7 Å². The van der Waals surface area contributed by atoms with E-state index in [0.29, 0.717) is 36.1 Å². The van der Waals surface area contributed by atoms with Gasteiger partial charge in [-0.2, -0.15) is 13.2 Å². The molecule has 12 heteroatoms. The third kappa shape index (κ3) is 5.82. The molecule has 1 aromatic carbocycles. The van der Waals surface area contributed by atoms with Crippen molar-refractivity contribution in [3.63, 3.8) is 0 Å². The van der Waals surface area contributed by atoms with Gasteiger partial charge in [-0.1, -0.05) is 25.1 Å². The summed E-state index contributed by atoms with van der Waals surface area (Å²) in [5, 5.41) is 14.2. The number of alkyl halides is 3. The number of halogens is 3. The van der Waals surface area contributed by atoms with Crippen LogP contribution in [-0.4, -0.2) is 35.6 Å². The zero-order chi connectivity index (χ0) is 25.5. The SMILES string of the molecule is CCCn1c(CNc2cncc(C(=O)NCc3ccccc3C(F)(F)F)c2)nnc1-c1ccncn1. The van der Waals surface area contributed by atoms with Gasteiger partial charge in [0.2, 0.25) is 0 Å². The van der Waals surface area contributed by atoms with Crippen LogP contribution in [0.5, 0.6) is 0 Å². The largest absolute Gasteiger partial charge is 0.416 e. The number of pyridine rings is 1. The normalized spacial score (nSPS) is 11.3. The number of carbonyl (C=O) groups is 1. The van der Waals surface area contributed by atoms with Crippen molar-refractivity contribution >= 4 is 11.6 Å². The molecular formula is C24H23F3N8O. The first-order valence-corrected chi connectivity index (χ1v) is 11.2. The summed E-state index contributed by atoms with van der Waals surface area (Å²) >= 11 is 0. The number of rotatable bonds is 9. The molecule has 186 valence electrons. The lowest BCUT2D eigenvalue weighted by molar-refractivity contribution is -0.138. The Balaban J connectivity index is 1.43. The molecule has 1 amide bonds. The lowest BCUT2D eigenvalue weighted by Gasteiger charge is -2.13. The Hall–Kier alpha value is -4.35. The molecule has 36 heavy (non-hydrogen) atoms. The molecule has 4 aromatic rings. The highest BCUT2D eigenvalue weighted by molar-refractivity contribution is 5.94. The van der Waals surface area contributed by atoms with Crippen LogP contribution >= 0.6 is 0 Å². The van der Waals surface area contributed by atoms with Gasteiger partial charge in [0.05, 0.1) is 23.4 Å². The number of anilines is 1. The van der Waals surface area contributed by atoms with Crippen LogP contribution in [0, 0.1) is 0 Å². The number of amides is 1. The maximum Gasteiger partial charge on any atom is 0.416 e. The molecule has 0 radical (unpaired) electrons. The monoisotopic (exact) mass is 496 g/mol. The smallest absolute Gasteiger partial charge is 0.376 e. The molecule has 3 aromatic heterocycles. The first kappa shape index (κ1) is 24.8. The maximum atomic E-state index is 13.2. The van der Waals surface area contributed by atoms with Gasteiger partial charge in [0.15, 0.2) is 11.6 Å². The molecule has 2 N–H and O–H groups in total. The molecular weight excluding hydrogens is 473 g/mol. The van der Waals surface area contributed by atoms with Crippen molar-refractivity contribution in [2.75, 3.05) is 5.32 Å². The zero-order valence-corrected chi connectivity index (χ0v) is 19.3. The van der Waals surface area contributed by atoms with E-state index in [-0.39, 0.29) is 17.7 Å². The Labute approximate surface area is 204 Å². The highest BCUT2D eigenvalue weighted by Gasteiger charge is 2.32. The van der Waals surface area contributed by atoms with Crippen LogP contribution < -0.4 is 10.6 Å². The van der Waals surface area contributed by atoms with Crippen LogP contribution in [0.15, 0.2) is 61.3 Å². The summed E-state index contributed by atoms with van der Waals surface area (Å²) in [5.74, 6) is 0.758. The molecule has 0 aliphatic rings. The summed E-state index contributed by atoms with van der Waals surface area (Å²) in [6.07, 6.45) is 2.33. The number of hydrogen-bond acceptors (Lipinski definition) is 7. The van der Waals surface area contributed by atoms with Crippen LogP contribution in [0.4, 0.5) is 18.9 Å². The van der Waals surface area contributed by atoms with Gasteiger partial charge in [-0.25, -0.2) is 9.97 Å². The van der Waals surface area contributed by atoms with E-state index in [4.69, 9.17) is 0 Å². The van der Waals surface area contributed by atoms with E-state index in [1.54, 1.807) is 24.5 Å². The van der Waals surface area contributed by atoms with E-state index >= 15 is 0 Å². The minimum absolute atomic E-state index is 0.0182. The fourth-order valence-corrected chi connectivity index (χ4v) is 3.61. The van der Waals surface area contributed by atoms with Crippen LogP contribution in [-0.2, 0) is 25.8 Å². The van der Waals surface area contributed by atoms with Crippen molar-refractivity contribution in [2.24, 2.45) is 0 Å². The van der Waals surface area contributed by atoms with Crippen molar-refractivity contribution in [2.45, 2.75) is 39.2 Å². The van der Waals surface area contributed by atoms with E-state index in [1.165, 1.54) is 30.7 Å². The molecule has 3 heterocycles. The fraction of sp³-hybridized carbons (Fsp3) is 0.250. The molecule has 0 spiro atoms. The zero-order valence-electron chi connectivity index (χ0n) is 19.3. The van der Waals surface area contributed by atoms with E-state index in [9.17, 15) is 18.0 Å². The average Bonchev–Trinajstić information content (AvgIpc) is 3.29. The van der Waals surface area contributed by atoms with E-state index < -0.39 is 17.6 Å². The van der Waals surface area contributed by atoms with Gasteiger partial charge >= 0.3 is 6.18 Å². The predicted molar refractivity (Wildman–Crippen MR) is 126 cm³/mol. The molecule has 0 atom stereocenters. The van der Waals surface area contributed by atoms with Gasteiger partial charge < -0.3 is 15.2 Å². The molecule has 0 fully saturated rings. The minimum atomic E-state index is -4.50. The summed E-state index contributed by atoms with van der Waals surface area (Å²) in [6, 6.07) is 8.46. The van der Waals surface area contributed by atoms with E-state index in [2.05, 4.69) is 35.8 Å². The lowest BCUT2D eigenvalue weighted by Crippen LogP contribution is -2.24.